The minimum absolute atomic E-state index is 0.286. The fourth-order valence-electron chi connectivity index (χ4n) is 2.59. The summed E-state index contributed by atoms with van der Waals surface area (Å²) >= 11 is 0. The van der Waals surface area contributed by atoms with Gasteiger partial charge in [-0.25, -0.2) is 0 Å². The molecule has 90 valence electrons. The number of aliphatic hydroxyl groups excluding tert-OH is 2. The summed E-state index contributed by atoms with van der Waals surface area (Å²) < 4.78 is 0. The Morgan fingerprint density at radius 3 is 1.73 bits per heavy atom. The van der Waals surface area contributed by atoms with E-state index in [4.69, 9.17) is 0 Å². The first-order chi connectivity index (χ1) is 7.09. The van der Waals surface area contributed by atoms with Crippen molar-refractivity contribution in [2.45, 2.75) is 71.0 Å². The fourth-order valence-corrected chi connectivity index (χ4v) is 2.59. The van der Waals surface area contributed by atoms with Crippen molar-refractivity contribution >= 4 is 0 Å². The molecule has 0 radical (unpaired) electrons. The predicted octanol–water partition coefficient (Wildman–Crippen LogP) is 2.72. The number of hydrogen-bond donors (Lipinski definition) is 2. The van der Waals surface area contributed by atoms with Gasteiger partial charge in [0.05, 0.1) is 12.2 Å². The Balaban J connectivity index is 2.42. The van der Waals surface area contributed by atoms with Gasteiger partial charge in [0.1, 0.15) is 0 Å². The minimum Gasteiger partial charge on any atom is -0.393 e. The summed E-state index contributed by atoms with van der Waals surface area (Å²) in [7, 11) is 0. The van der Waals surface area contributed by atoms with Gasteiger partial charge in [0.25, 0.3) is 0 Å². The van der Waals surface area contributed by atoms with Gasteiger partial charge in [0.2, 0.25) is 0 Å². The molecule has 1 aliphatic rings. The minimum atomic E-state index is -0.286. The van der Waals surface area contributed by atoms with E-state index in [1.807, 2.05) is 0 Å². The van der Waals surface area contributed by atoms with Crippen LogP contribution in [0.5, 0.6) is 0 Å². The average molecular weight is 214 g/mol. The second kappa shape index (κ2) is 6.49. The summed E-state index contributed by atoms with van der Waals surface area (Å²) in [6.45, 7) is 4.56. The second-order valence-electron chi connectivity index (χ2n) is 5.41. The van der Waals surface area contributed by atoms with Gasteiger partial charge in [-0.2, -0.15) is 0 Å². The standard InChI is InChI=1S/C13H26O2/c1-10(2)11-5-3-7-12(14)9-13(15)8-4-6-11/h10-15H,3-9H2,1-2H3. The molecule has 0 amide bonds. The van der Waals surface area contributed by atoms with Crippen LogP contribution in [0, 0.1) is 11.8 Å². The van der Waals surface area contributed by atoms with Crippen LogP contribution in [-0.4, -0.2) is 22.4 Å². The zero-order valence-corrected chi connectivity index (χ0v) is 10.2. The Morgan fingerprint density at radius 2 is 1.33 bits per heavy atom. The van der Waals surface area contributed by atoms with E-state index in [0.29, 0.717) is 6.42 Å². The van der Waals surface area contributed by atoms with E-state index in [2.05, 4.69) is 13.8 Å². The third-order valence-corrected chi connectivity index (χ3v) is 3.71. The number of aliphatic hydroxyl groups is 2. The van der Waals surface area contributed by atoms with Crippen molar-refractivity contribution in [1.29, 1.82) is 0 Å². The highest BCUT2D eigenvalue weighted by Crippen LogP contribution is 2.27. The van der Waals surface area contributed by atoms with Gasteiger partial charge in [-0.15, -0.1) is 0 Å². The lowest BCUT2D eigenvalue weighted by Crippen LogP contribution is -2.20. The summed E-state index contributed by atoms with van der Waals surface area (Å²) in [5, 5.41) is 19.3. The van der Waals surface area contributed by atoms with Crippen molar-refractivity contribution in [3.8, 4) is 0 Å². The van der Waals surface area contributed by atoms with Crippen molar-refractivity contribution in [2.75, 3.05) is 0 Å². The summed E-state index contributed by atoms with van der Waals surface area (Å²) in [5.41, 5.74) is 0. The molecule has 0 aromatic carbocycles. The van der Waals surface area contributed by atoms with Crippen LogP contribution in [0.2, 0.25) is 0 Å². The summed E-state index contributed by atoms with van der Waals surface area (Å²) in [6.07, 6.45) is 6.42. The molecular weight excluding hydrogens is 188 g/mol. The van der Waals surface area contributed by atoms with Crippen LogP contribution >= 0.6 is 0 Å². The third kappa shape index (κ3) is 4.98. The highest BCUT2D eigenvalue weighted by Gasteiger charge is 2.18. The van der Waals surface area contributed by atoms with Crippen LogP contribution in [0.25, 0.3) is 0 Å². The zero-order valence-electron chi connectivity index (χ0n) is 10.2. The molecule has 2 atom stereocenters. The topological polar surface area (TPSA) is 40.5 Å². The molecule has 2 nitrogen and oxygen atoms in total. The molecule has 0 aromatic heterocycles. The van der Waals surface area contributed by atoms with Gasteiger partial charge >= 0.3 is 0 Å². The van der Waals surface area contributed by atoms with Crippen LogP contribution in [0.1, 0.15) is 58.8 Å². The Morgan fingerprint density at radius 1 is 0.867 bits per heavy atom. The van der Waals surface area contributed by atoms with Crippen molar-refractivity contribution < 1.29 is 10.2 Å². The molecule has 2 N–H and O–H groups in total. The van der Waals surface area contributed by atoms with Gasteiger partial charge in [-0.3, -0.25) is 0 Å². The van der Waals surface area contributed by atoms with Gasteiger partial charge < -0.3 is 10.2 Å². The molecule has 0 bridgehead atoms. The Labute approximate surface area is 93.7 Å². The zero-order chi connectivity index (χ0) is 11.3. The molecule has 0 aromatic rings. The van der Waals surface area contributed by atoms with Crippen LogP contribution < -0.4 is 0 Å². The second-order valence-corrected chi connectivity index (χ2v) is 5.41. The highest BCUT2D eigenvalue weighted by atomic mass is 16.3. The van der Waals surface area contributed by atoms with E-state index < -0.39 is 0 Å². The molecule has 0 heterocycles. The van der Waals surface area contributed by atoms with Crippen molar-refractivity contribution in [3.05, 3.63) is 0 Å². The lowest BCUT2D eigenvalue weighted by molar-refractivity contribution is 0.0614. The van der Waals surface area contributed by atoms with E-state index in [1.54, 1.807) is 0 Å². The maximum absolute atomic E-state index is 9.67. The first kappa shape index (κ1) is 13.0. The van der Waals surface area contributed by atoms with Gasteiger partial charge in [0, 0.05) is 0 Å². The normalized spacial score (nSPS) is 35.4. The Hall–Kier alpha value is -0.0800. The fraction of sp³-hybridized carbons (Fsp3) is 1.00. The summed E-state index contributed by atoms with van der Waals surface area (Å²) in [5.74, 6) is 1.52. The number of hydrogen-bond acceptors (Lipinski definition) is 2. The quantitative estimate of drug-likeness (QED) is 0.704. The van der Waals surface area contributed by atoms with E-state index in [0.717, 1.165) is 37.5 Å². The van der Waals surface area contributed by atoms with Crippen LogP contribution in [-0.2, 0) is 0 Å². The first-order valence-electron chi connectivity index (χ1n) is 6.45. The molecule has 0 saturated heterocycles. The third-order valence-electron chi connectivity index (χ3n) is 3.71. The van der Waals surface area contributed by atoms with Crippen LogP contribution in [0.3, 0.4) is 0 Å². The first-order valence-corrected chi connectivity index (χ1v) is 6.45. The molecule has 0 spiro atoms. The van der Waals surface area contributed by atoms with E-state index in [9.17, 15) is 10.2 Å². The monoisotopic (exact) mass is 214 g/mol. The molecule has 1 rings (SSSR count). The molecule has 1 aliphatic carbocycles. The van der Waals surface area contributed by atoms with Gasteiger partial charge in [-0.1, -0.05) is 39.5 Å². The molecule has 0 aliphatic heterocycles. The lowest BCUT2D eigenvalue weighted by atomic mass is 9.84. The SMILES string of the molecule is CC(C)C1CCCC(O)CC(O)CCC1. The maximum atomic E-state index is 9.67. The number of rotatable bonds is 1. The molecular formula is C13H26O2. The molecule has 1 fully saturated rings. The van der Waals surface area contributed by atoms with Crippen molar-refractivity contribution in [1.82, 2.24) is 0 Å². The maximum Gasteiger partial charge on any atom is 0.0564 e. The smallest absolute Gasteiger partial charge is 0.0564 e. The molecule has 2 heteroatoms. The van der Waals surface area contributed by atoms with Gasteiger partial charge in [0.15, 0.2) is 0 Å². The van der Waals surface area contributed by atoms with Crippen molar-refractivity contribution in [3.63, 3.8) is 0 Å². The Bertz CT molecular complexity index is 154. The van der Waals surface area contributed by atoms with Crippen LogP contribution in [0.4, 0.5) is 0 Å². The molecule has 15 heavy (non-hydrogen) atoms. The van der Waals surface area contributed by atoms with Crippen molar-refractivity contribution in [2.24, 2.45) is 11.8 Å². The predicted molar refractivity (Wildman–Crippen MR) is 62.7 cm³/mol. The summed E-state index contributed by atoms with van der Waals surface area (Å²) in [6, 6.07) is 0. The van der Waals surface area contributed by atoms with E-state index >= 15 is 0 Å². The van der Waals surface area contributed by atoms with E-state index in [-0.39, 0.29) is 12.2 Å². The summed E-state index contributed by atoms with van der Waals surface area (Å²) in [4.78, 5) is 0. The van der Waals surface area contributed by atoms with Gasteiger partial charge in [-0.05, 0) is 31.1 Å². The lowest BCUT2D eigenvalue weighted by Gasteiger charge is -2.24. The van der Waals surface area contributed by atoms with E-state index in [1.165, 1.54) is 12.8 Å². The molecule has 1 saturated carbocycles. The molecule has 2 unspecified atom stereocenters. The Kier molecular flexibility index (Phi) is 5.62. The highest BCUT2D eigenvalue weighted by molar-refractivity contribution is 4.71. The average Bonchev–Trinajstić information content (AvgIpc) is 2.14. The largest absolute Gasteiger partial charge is 0.393 e. The van der Waals surface area contributed by atoms with Crippen LogP contribution in [0.15, 0.2) is 0 Å².